The molecule has 2 N–H and O–H groups in total. The molecule has 2 rings (SSSR count). The molecule has 1 fully saturated rings. The molecule has 0 spiro atoms. The van der Waals surface area contributed by atoms with E-state index in [2.05, 4.69) is 6.07 Å². The Bertz CT molecular complexity index is 577. The number of sulfone groups is 1. The zero-order chi connectivity index (χ0) is 13.2. The molecule has 1 saturated heterocycles. The van der Waals surface area contributed by atoms with Crippen LogP contribution < -0.4 is 10.6 Å². The largest absolute Gasteiger partial charge is 0.369 e. The van der Waals surface area contributed by atoms with E-state index in [1.165, 1.54) is 0 Å². The average Bonchev–Trinajstić information content (AvgIpc) is 2.38. The van der Waals surface area contributed by atoms with Crippen molar-refractivity contribution in [3.63, 3.8) is 0 Å². The third-order valence-corrected chi connectivity index (χ3v) is 5.29. The molecular weight excluding hydrogens is 250 g/mol. The lowest BCUT2D eigenvalue weighted by Gasteiger charge is -2.33. The quantitative estimate of drug-likeness (QED) is 0.820. The standard InChI is InChI=1S/C12H15N3O2S/c13-7-10-2-1-3-11(6-10)15-4-5-18(16,17)12(8-14)9-15/h1-3,6,12H,4-5,8-9,14H2. The highest BCUT2D eigenvalue weighted by Gasteiger charge is 2.31. The molecule has 0 amide bonds. The van der Waals surface area contributed by atoms with Gasteiger partial charge in [-0.25, -0.2) is 8.42 Å². The summed E-state index contributed by atoms with van der Waals surface area (Å²) in [7, 11) is -3.06. The Balaban J connectivity index is 2.23. The number of anilines is 1. The van der Waals surface area contributed by atoms with Crippen molar-refractivity contribution in [1.82, 2.24) is 0 Å². The molecule has 0 bridgehead atoms. The van der Waals surface area contributed by atoms with Gasteiger partial charge in [-0.2, -0.15) is 5.26 Å². The van der Waals surface area contributed by atoms with Gasteiger partial charge in [0.1, 0.15) is 0 Å². The smallest absolute Gasteiger partial charge is 0.157 e. The van der Waals surface area contributed by atoms with Gasteiger partial charge in [0.2, 0.25) is 0 Å². The highest BCUT2D eigenvalue weighted by atomic mass is 32.2. The fourth-order valence-electron chi connectivity index (χ4n) is 2.08. The minimum Gasteiger partial charge on any atom is -0.369 e. The number of hydrogen-bond donors (Lipinski definition) is 1. The van der Waals surface area contributed by atoms with Crippen molar-refractivity contribution in [3.8, 4) is 6.07 Å². The molecule has 1 aromatic rings. The van der Waals surface area contributed by atoms with E-state index in [0.29, 0.717) is 18.7 Å². The van der Waals surface area contributed by atoms with E-state index in [-0.39, 0.29) is 12.3 Å². The minimum absolute atomic E-state index is 0.117. The molecule has 6 heteroatoms. The summed E-state index contributed by atoms with van der Waals surface area (Å²) in [5, 5.41) is 8.34. The van der Waals surface area contributed by atoms with Crippen molar-refractivity contribution in [3.05, 3.63) is 29.8 Å². The first-order valence-corrected chi connectivity index (χ1v) is 7.45. The Labute approximate surface area is 107 Å². The molecule has 1 aliphatic heterocycles. The summed E-state index contributed by atoms with van der Waals surface area (Å²) in [5.74, 6) is 0.117. The Kier molecular flexibility index (Phi) is 3.55. The SMILES string of the molecule is N#Cc1cccc(N2CCS(=O)(=O)C(CN)C2)c1. The summed E-state index contributed by atoms with van der Waals surface area (Å²) < 4.78 is 23.5. The molecule has 0 radical (unpaired) electrons. The fourth-order valence-corrected chi connectivity index (χ4v) is 3.59. The maximum absolute atomic E-state index is 11.8. The number of hydrogen-bond acceptors (Lipinski definition) is 5. The molecule has 0 aromatic heterocycles. The molecule has 1 aromatic carbocycles. The monoisotopic (exact) mass is 265 g/mol. The van der Waals surface area contributed by atoms with E-state index < -0.39 is 15.1 Å². The second kappa shape index (κ2) is 4.96. The van der Waals surface area contributed by atoms with Gasteiger partial charge in [-0.15, -0.1) is 0 Å². The second-order valence-corrected chi connectivity index (χ2v) is 6.73. The molecule has 0 saturated carbocycles. The maximum atomic E-state index is 11.8. The van der Waals surface area contributed by atoms with Crippen LogP contribution in [0.2, 0.25) is 0 Å². The lowest BCUT2D eigenvalue weighted by atomic mass is 10.2. The van der Waals surface area contributed by atoms with Crippen molar-refractivity contribution in [2.75, 3.05) is 30.3 Å². The van der Waals surface area contributed by atoms with Crippen LogP contribution in [-0.2, 0) is 9.84 Å². The van der Waals surface area contributed by atoms with Crippen LogP contribution in [0.5, 0.6) is 0 Å². The van der Waals surface area contributed by atoms with Crippen molar-refractivity contribution in [2.24, 2.45) is 5.73 Å². The van der Waals surface area contributed by atoms with Crippen LogP contribution in [0.3, 0.4) is 0 Å². The van der Waals surface area contributed by atoms with Gasteiger partial charge in [-0.3, -0.25) is 0 Å². The second-order valence-electron chi connectivity index (χ2n) is 4.33. The van der Waals surface area contributed by atoms with Crippen LogP contribution in [0.1, 0.15) is 5.56 Å². The normalized spacial score (nSPS) is 22.4. The first kappa shape index (κ1) is 12.9. The zero-order valence-corrected chi connectivity index (χ0v) is 10.7. The van der Waals surface area contributed by atoms with E-state index in [9.17, 15) is 8.42 Å². The van der Waals surface area contributed by atoms with E-state index in [4.69, 9.17) is 11.0 Å². The molecule has 0 aliphatic carbocycles. The molecule has 18 heavy (non-hydrogen) atoms. The van der Waals surface area contributed by atoms with Crippen molar-refractivity contribution >= 4 is 15.5 Å². The van der Waals surface area contributed by atoms with Gasteiger partial charge in [-0.1, -0.05) is 6.07 Å². The zero-order valence-electron chi connectivity index (χ0n) is 9.91. The van der Waals surface area contributed by atoms with Crippen LogP contribution in [0.4, 0.5) is 5.69 Å². The van der Waals surface area contributed by atoms with Crippen molar-refractivity contribution in [1.29, 1.82) is 5.26 Å². The summed E-state index contributed by atoms with van der Waals surface area (Å²) in [6.07, 6.45) is 0. The van der Waals surface area contributed by atoms with Gasteiger partial charge in [0, 0.05) is 25.3 Å². The predicted molar refractivity (Wildman–Crippen MR) is 70.0 cm³/mol. The van der Waals surface area contributed by atoms with Crippen molar-refractivity contribution in [2.45, 2.75) is 5.25 Å². The van der Waals surface area contributed by atoms with Gasteiger partial charge in [0.25, 0.3) is 0 Å². The van der Waals surface area contributed by atoms with Crippen LogP contribution >= 0.6 is 0 Å². The maximum Gasteiger partial charge on any atom is 0.157 e. The molecular formula is C12H15N3O2S. The Morgan fingerprint density at radius 3 is 2.94 bits per heavy atom. The molecule has 96 valence electrons. The molecule has 5 nitrogen and oxygen atoms in total. The molecule has 1 heterocycles. The molecule has 1 unspecified atom stereocenters. The van der Waals surface area contributed by atoms with Gasteiger partial charge >= 0.3 is 0 Å². The fraction of sp³-hybridized carbons (Fsp3) is 0.417. The van der Waals surface area contributed by atoms with Crippen molar-refractivity contribution < 1.29 is 8.42 Å². The number of nitrogens with two attached hydrogens (primary N) is 1. The van der Waals surface area contributed by atoms with Gasteiger partial charge < -0.3 is 10.6 Å². The van der Waals surface area contributed by atoms with Crippen LogP contribution in [0.15, 0.2) is 24.3 Å². The Morgan fingerprint density at radius 2 is 2.28 bits per heavy atom. The topological polar surface area (TPSA) is 87.2 Å². The average molecular weight is 265 g/mol. The first-order valence-electron chi connectivity index (χ1n) is 5.73. The van der Waals surface area contributed by atoms with E-state index >= 15 is 0 Å². The Hall–Kier alpha value is -1.58. The van der Waals surface area contributed by atoms with E-state index in [1.807, 2.05) is 11.0 Å². The lowest BCUT2D eigenvalue weighted by Crippen LogP contribution is -2.50. The van der Waals surface area contributed by atoms with Gasteiger partial charge in [0.05, 0.1) is 22.6 Å². The predicted octanol–water partition coefficient (Wildman–Crippen LogP) is 0.120. The van der Waals surface area contributed by atoms with Gasteiger partial charge in [0.15, 0.2) is 9.84 Å². The molecule has 1 atom stereocenters. The third kappa shape index (κ3) is 2.47. The van der Waals surface area contributed by atoms with Gasteiger partial charge in [-0.05, 0) is 18.2 Å². The third-order valence-electron chi connectivity index (χ3n) is 3.18. The van der Waals surface area contributed by atoms with Crippen LogP contribution in [0.25, 0.3) is 0 Å². The summed E-state index contributed by atoms with van der Waals surface area (Å²) in [5.41, 5.74) is 6.97. The highest BCUT2D eigenvalue weighted by molar-refractivity contribution is 7.92. The number of rotatable bonds is 2. The number of benzene rings is 1. The van der Waals surface area contributed by atoms with E-state index in [0.717, 1.165) is 5.69 Å². The number of nitrogens with zero attached hydrogens (tertiary/aromatic N) is 2. The number of nitriles is 1. The summed E-state index contributed by atoms with van der Waals surface area (Å²) in [6.45, 7) is 0.984. The Morgan fingerprint density at radius 1 is 1.50 bits per heavy atom. The lowest BCUT2D eigenvalue weighted by molar-refractivity contribution is 0.563. The summed E-state index contributed by atoms with van der Waals surface area (Å²) in [6, 6.07) is 9.26. The summed E-state index contributed by atoms with van der Waals surface area (Å²) >= 11 is 0. The highest BCUT2D eigenvalue weighted by Crippen LogP contribution is 2.21. The first-order chi connectivity index (χ1) is 8.56. The van der Waals surface area contributed by atoms with Crippen LogP contribution in [-0.4, -0.2) is 39.1 Å². The molecule has 1 aliphatic rings. The van der Waals surface area contributed by atoms with Crippen LogP contribution in [0, 0.1) is 11.3 Å². The summed E-state index contributed by atoms with van der Waals surface area (Å²) in [4.78, 5) is 1.97. The minimum atomic E-state index is -3.06. The van der Waals surface area contributed by atoms with E-state index in [1.54, 1.807) is 18.2 Å².